The minimum atomic E-state index is -5.08. The first-order valence-electron chi connectivity index (χ1n) is 9.29. The first-order valence-corrected chi connectivity index (χ1v) is 10.2. The zero-order valence-corrected chi connectivity index (χ0v) is 17.5. The van der Waals surface area contributed by atoms with Crippen molar-refractivity contribution in [2.75, 3.05) is 6.54 Å². The number of rotatable bonds is 7. The number of carboxylic acid groups (broad SMARTS) is 1. The van der Waals surface area contributed by atoms with E-state index < -0.39 is 18.1 Å². The van der Waals surface area contributed by atoms with E-state index in [1.807, 2.05) is 18.2 Å². The summed E-state index contributed by atoms with van der Waals surface area (Å²) in [4.78, 5) is 21.2. The van der Waals surface area contributed by atoms with Crippen LogP contribution in [0, 0.1) is 5.82 Å². The van der Waals surface area contributed by atoms with Gasteiger partial charge in [-0.2, -0.15) is 13.2 Å². The van der Waals surface area contributed by atoms with Crippen LogP contribution in [0.5, 0.6) is 0 Å². The summed E-state index contributed by atoms with van der Waals surface area (Å²) in [7, 11) is 0. The van der Waals surface area contributed by atoms with E-state index in [-0.39, 0.29) is 5.82 Å². The van der Waals surface area contributed by atoms with Crippen LogP contribution in [-0.4, -0.2) is 29.7 Å². The van der Waals surface area contributed by atoms with Crippen LogP contribution in [0.15, 0.2) is 60.0 Å². The molecule has 1 amide bonds. The second-order valence-electron chi connectivity index (χ2n) is 6.60. The van der Waals surface area contributed by atoms with E-state index in [4.69, 9.17) is 15.6 Å². The number of nitrogens with two attached hydrogens (primary N) is 1. The van der Waals surface area contributed by atoms with Gasteiger partial charge < -0.3 is 16.2 Å². The first kappa shape index (κ1) is 25.0. The number of carbonyl (C=O) groups excluding carboxylic acids is 1. The minimum Gasteiger partial charge on any atom is -0.475 e. The van der Waals surface area contributed by atoms with Gasteiger partial charge in [-0.05, 0) is 65.4 Å². The lowest BCUT2D eigenvalue weighted by molar-refractivity contribution is -0.192. The molecular weight excluding hydrogens is 448 g/mol. The Hall–Kier alpha value is -3.24. The third kappa shape index (κ3) is 8.12. The molecular formula is C22H20F4N2O3S. The summed E-state index contributed by atoms with van der Waals surface area (Å²) in [6.45, 7) is 1.57. The van der Waals surface area contributed by atoms with Crippen molar-refractivity contribution in [2.45, 2.75) is 19.1 Å². The number of primary amides is 1. The molecule has 0 aliphatic rings. The number of hydrogen-bond donors (Lipinski definition) is 3. The zero-order valence-electron chi connectivity index (χ0n) is 16.7. The Kier molecular flexibility index (Phi) is 8.91. The van der Waals surface area contributed by atoms with Crippen molar-refractivity contribution in [1.29, 1.82) is 0 Å². The van der Waals surface area contributed by atoms with Gasteiger partial charge in [0.15, 0.2) is 0 Å². The van der Waals surface area contributed by atoms with Gasteiger partial charge in [-0.3, -0.25) is 4.79 Å². The van der Waals surface area contributed by atoms with Gasteiger partial charge in [0.05, 0.1) is 0 Å². The third-order valence-electron chi connectivity index (χ3n) is 4.18. The van der Waals surface area contributed by atoms with E-state index in [0.29, 0.717) is 5.56 Å². The number of aliphatic carboxylic acids is 1. The summed E-state index contributed by atoms with van der Waals surface area (Å²) < 4.78 is 44.9. The second-order valence-corrected chi connectivity index (χ2v) is 7.60. The molecule has 4 N–H and O–H groups in total. The summed E-state index contributed by atoms with van der Waals surface area (Å²) in [5.41, 5.74) is 8.96. The molecule has 10 heteroatoms. The summed E-state index contributed by atoms with van der Waals surface area (Å²) in [5, 5.41) is 12.6. The lowest BCUT2D eigenvalue weighted by atomic mass is 10.1. The molecule has 0 saturated heterocycles. The summed E-state index contributed by atoms with van der Waals surface area (Å²) in [5.74, 6) is -3.37. The van der Waals surface area contributed by atoms with E-state index >= 15 is 0 Å². The quantitative estimate of drug-likeness (QED) is 0.349. The highest BCUT2D eigenvalue weighted by atomic mass is 32.1. The van der Waals surface area contributed by atoms with Crippen LogP contribution in [0.1, 0.15) is 20.8 Å². The highest BCUT2D eigenvalue weighted by molar-refractivity contribution is 7.10. The predicted octanol–water partition coefficient (Wildman–Crippen LogP) is 4.62. The normalized spacial score (nSPS) is 10.9. The molecule has 2 aromatic carbocycles. The average molecular weight is 468 g/mol. The number of hydrogen-bond acceptors (Lipinski definition) is 4. The minimum absolute atomic E-state index is 0.192. The van der Waals surface area contributed by atoms with Crippen LogP contribution in [0.3, 0.4) is 0 Å². The van der Waals surface area contributed by atoms with Crippen molar-refractivity contribution >= 4 is 23.2 Å². The molecule has 0 aliphatic heterocycles. The second kappa shape index (κ2) is 11.4. The molecule has 0 saturated carbocycles. The van der Waals surface area contributed by atoms with Gasteiger partial charge in [-0.1, -0.05) is 24.3 Å². The summed E-state index contributed by atoms with van der Waals surface area (Å²) in [6, 6.07) is 16.1. The van der Waals surface area contributed by atoms with Gasteiger partial charge >= 0.3 is 12.1 Å². The monoisotopic (exact) mass is 468 g/mol. The van der Waals surface area contributed by atoms with E-state index in [2.05, 4.69) is 16.8 Å². The molecule has 0 atom stereocenters. The molecule has 0 fully saturated rings. The van der Waals surface area contributed by atoms with Crippen LogP contribution < -0.4 is 11.1 Å². The number of carbonyl (C=O) groups is 2. The van der Waals surface area contributed by atoms with E-state index in [9.17, 15) is 22.4 Å². The van der Waals surface area contributed by atoms with E-state index in [1.54, 1.807) is 35.6 Å². The Morgan fingerprint density at radius 3 is 2.25 bits per heavy atom. The maximum absolute atomic E-state index is 13.1. The van der Waals surface area contributed by atoms with Gasteiger partial charge in [0.1, 0.15) is 5.82 Å². The molecule has 1 heterocycles. The third-order valence-corrected chi connectivity index (χ3v) is 5.11. The molecule has 0 aliphatic carbocycles. The fourth-order valence-electron chi connectivity index (χ4n) is 2.59. The van der Waals surface area contributed by atoms with Crippen molar-refractivity contribution in [3.05, 3.63) is 81.8 Å². The lowest BCUT2D eigenvalue weighted by Gasteiger charge is -2.04. The summed E-state index contributed by atoms with van der Waals surface area (Å²) in [6.07, 6.45) is -4.29. The number of alkyl halides is 3. The first-order chi connectivity index (χ1) is 15.1. The molecule has 0 unspecified atom stereocenters. The molecule has 5 nitrogen and oxygen atoms in total. The van der Waals surface area contributed by atoms with Crippen LogP contribution in [0.25, 0.3) is 11.1 Å². The Bertz CT molecular complexity index is 1050. The maximum atomic E-state index is 13.1. The van der Waals surface area contributed by atoms with Gasteiger partial charge in [0.25, 0.3) is 0 Å². The number of amides is 1. The Balaban J connectivity index is 0.000000451. The van der Waals surface area contributed by atoms with Crippen LogP contribution in [-0.2, 0) is 17.8 Å². The number of carboxylic acids is 1. The molecule has 0 spiro atoms. The fraction of sp³-hybridized carbons (Fsp3) is 0.182. The zero-order chi connectivity index (χ0) is 23.7. The van der Waals surface area contributed by atoms with Crippen molar-refractivity contribution < 1.29 is 32.3 Å². The molecule has 170 valence electrons. The Morgan fingerprint density at radius 2 is 1.69 bits per heavy atom. The lowest BCUT2D eigenvalue weighted by Crippen LogP contribution is -2.21. The fourth-order valence-corrected chi connectivity index (χ4v) is 3.45. The van der Waals surface area contributed by atoms with E-state index in [1.165, 1.54) is 10.9 Å². The standard InChI is InChI=1S/C20H19FN2OS.C2HF3O2/c21-18-3-1-2-14(10-18)8-9-23-12-19-11-17(13-25-19)15-4-6-16(7-5-15)20(22)24;3-2(4,5)1(6)7/h1-7,10-11,13,23H,8-9,12H2,(H2,22,24);(H,6,7). The number of benzene rings is 2. The van der Waals surface area contributed by atoms with Crippen molar-refractivity contribution in [3.63, 3.8) is 0 Å². The number of thiophene rings is 1. The number of nitrogens with one attached hydrogen (secondary N) is 1. The van der Waals surface area contributed by atoms with Crippen molar-refractivity contribution in [3.8, 4) is 11.1 Å². The summed E-state index contributed by atoms with van der Waals surface area (Å²) >= 11 is 1.69. The van der Waals surface area contributed by atoms with Crippen molar-refractivity contribution in [2.24, 2.45) is 5.73 Å². The largest absolute Gasteiger partial charge is 0.490 e. The van der Waals surface area contributed by atoms with E-state index in [0.717, 1.165) is 36.2 Å². The molecule has 0 radical (unpaired) electrons. The molecule has 0 bridgehead atoms. The van der Waals surface area contributed by atoms with Crippen LogP contribution in [0.2, 0.25) is 0 Å². The molecule has 32 heavy (non-hydrogen) atoms. The van der Waals surface area contributed by atoms with Gasteiger partial charge in [0.2, 0.25) is 5.91 Å². The topological polar surface area (TPSA) is 92.4 Å². The Morgan fingerprint density at radius 1 is 1.03 bits per heavy atom. The number of halogens is 4. The van der Waals surface area contributed by atoms with Crippen LogP contribution >= 0.6 is 11.3 Å². The molecule has 1 aromatic heterocycles. The smallest absolute Gasteiger partial charge is 0.475 e. The highest BCUT2D eigenvalue weighted by Gasteiger charge is 2.38. The van der Waals surface area contributed by atoms with Gasteiger partial charge in [0, 0.05) is 17.0 Å². The average Bonchev–Trinajstić information content (AvgIpc) is 3.20. The van der Waals surface area contributed by atoms with Gasteiger partial charge in [-0.25, -0.2) is 9.18 Å². The molecule has 3 rings (SSSR count). The Labute approximate surface area is 185 Å². The van der Waals surface area contributed by atoms with Crippen molar-refractivity contribution in [1.82, 2.24) is 5.32 Å². The van der Waals surface area contributed by atoms with Gasteiger partial charge in [-0.15, -0.1) is 11.3 Å². The molecule has 3 aromatic rings. The predicted molar refractivity (Wildman–Crippen MR) is 114 cm³/mol. The highest BCUT2D eigenvalue weighted by Crippen LogP contribution is 2.26. The maximum Gasteiger partial charge on any atom is 0.490 e. The SMILES string of the molecule is NC(=O)c1ccc(-c2csc(CNCCc3cccc(F)c3)c2)cc1.O=C(O)C(F)(F)F. The van der Waals surface area contributed by atoms with Crippen LogP contribution in [0.4, 0.5) is 17.6 Å².